The molecule has 2 atom stereocenters. The molecule has 0 amide bonds. The number of anilines is 1. The molecule has 1 aliphatic heterocycles. The number of hydrogen-bond acceptors (Lipinski definition) is 3. The fraction of sp³-hybridized carbons (Fsp3) is 0.571. The van der Waals surface area contributed by atoms with Crippen LogP contribution in [0.1, 0.15) is 13.3 Å². The van der Waals surface area contributed by atoms with Crippen LogP contribution in [0.3, 0.4) is 0 Å². The second kappa shape index (κ2) is 6.04. The first kappa shape index (κ1) is 13.8. The van der Waals surface area contributed by atoms with Crippen LogP contribution in [-0.2, 0) is 0 Å². The summed E-state index contributed by atoms with van der Waals surface area (Å²) in [5, 5.41) is 0. The van der Waals surface area contributed by atoms with Gasteiger partial charge < -0.3 is 15.5 Å². The Kier molecular flexibility index (Phi) is 4.65. The molecule has 3 nitrogen and oxygen atoms in total. The smallest absolute Gasteiger partial charge is 0.0539 e. The van der Waals surface area contributed by atoms with Gasteiger partial charge in [0.1, 0.15) is 0 Å². The molecule has 1 aliphatic rings. The van der Waals surface area contributed by atoms with Gasteiger partial charge in [0, 0.05) is 35.8 Å². The summed E-state index contributed by atoms with van der Waals surface area (Å²) in [6.45, 7) is 5.11. The fourth-order valence-corrected chi connectivity index (χ4v) is 2.78. The van der Waals surface area contributed by atoms with Crippen molar-refractivity contribution in [2.45, 2.75) is 25.4 Å². The van der Waals surface area contributed by atoms with Crippen LogP contribution in [0.5, 0.6) is 0 Å². The van der Waals surface area contributed by atoms with Crippen LogP contribution in [0.2, 0.25) is 0 Å². The summed E-state index contributed by atoms with van der Waals surface area (Å²) in [6.07, 6.45) is 1.18. The minimum Gasteiger partial charge on any atom is -0.366 e. The van der Waals surface area contributed by atoms with Crippen LogP contribution in [0.4, 0.5) is 5.69 Å². The van der Waals surface area contributed by atoms with Gasteiger partial charge in [0.15, 0.2) is 0 Å². The molecule has 0 radical (unpaired) electrons. The normalized spacial score (nSPS) is 26.1. The van der Waals surface area contributed by atoms with Crippen LogP contribution in [0.15, 0.2) is 28.7 Å². The van der Waals surface area contributed by atoms with E-state index in [0.717, 1.165) is 17.6 Å². The van der Waals surface area contributed by atoms with Crippen molar-refractivity contribution in [2.75, 3.05) is 31.6 Å². The Morgan fingerprint density at radius 3 is 2.61 bits per heavy atom. The van der Waals surface area contributed by atoms with Gasteiger partial charge in [0.25, 0.3) is 0 Å². The third-order valence-electron chi connectivity index (χ3n) is 3.91. The van der Waals surface area contributed by atoms with Crippen LogP contribution in [0.25, 0.3) is 0 Å². The molecule has 0 aromatic heterocycles. The van der Waals surface area contributed by atoms with Crippen molar-refractivity contribution in [3.05, 3.63) is 28.7 Å². The first-order valence-electron chi connectivity index (χ1n) is 6.54. The molecule has 0 bridgehead atoms. The van der Waals surface area contributed by atoms with Gasteiger partial charge in [-0.1, -0.05) is 15.9 Å². The molecule has 1 aromatic carbocycles. The van der Waals surface area contributed by atoms with Crippen LogP contribution in [0, 0.1) is 0 Å². The lowest BCUT2D eigenvalue weighted by atomic mass is 10.2. The highest BCUT2D eigenvalue weighted by atomic mass is 79.9. The minimum absolute atomic E-state index is 0.404. The third-order valence-corrected chi connectivity index (χ3v) is 4.44. The number of nitrogens with two attached hydrogens (primary N) is 1. The first-order valence-corrected chi connectivity index (χ1v) is 7.33. The highest BCUT2D eigenvalue weighted by molar-refractivity contribution is 9.10. The summed E-state index contributed by atoms with van der Waals surface area (Å²) >= 11 is 3.48. The Morgan fingerprint density at radius 2 is 2.00 bits per heavy atom. The summed E-state index contributed by atoms with van der Waals surface area (Å²) in [4.78, 5) is 4.86. The van der Waals surface area contributed by atoms with Gasteiger partial charge in [-0.05, 0) is 44.7 Å². The Hall–Kier alpha value is -0.580. The molecule has 2 rings (SSSR count). The maximum Gasteiger partial charge on any atom is 0.0539 e. The Labute approximate surface area is 118 Å². The lowest BCUT2D eigenvalue weighted by Gasteiger charge is -2.32. The highest BCUT2D eigenvalue weighted by Gasteiger charge is 2.25. The highest BCUT2D eigenvalue weighted by Crippen LogP contribution is 2.23. The van der Waals surface area contributed by atoms with E-state index in [0.29, 0.717) is 18.6 Å². The minimum atomic E-state index is 0.404. The molecule has 18 heavy (non-hydrogen) atoms. The van der Waals surface area contributed by atoms with Crippen LogP contribution >= 0.6 is 15.9 Å². The van der Waals surface area contributed by atoms with Gasteiger partial charge in [-0.15, -0.1) is 0 Å². The molecule has 0 aliphatic carbocycles. The molecule has 4 heteroatoms. The topological polar surface area (TPSA) is 32.5 Å². The molecular formula is C14H22BrN3. The van der Waals surface area contributed by atoms with E-state index in [1.54, 1.807) is 0 Å². The largest absolute Gasteiger partial charge is 0.366 e. The van der Waals surface area contributed by atoms with E-state index in [2.05, 4.69) is 64.0 Å². The Bertz CT molecular complexity index is 379. The zero-order valence-corrected chi connectivity index (χ0v) is 12.7. The molecule has 1 heterocycles. The predicted octanol–water partition coefficient (Wildman–Crippen LogP) is 2.31. The van der Waals surface area contributed by atoms with Crippen molar-refractivity contribution >= 4 is 21.6 Å². The lowest BCUT2D eigenvalue weighted by Crippen LogP contribution is -2.45. The lowest BCUT2D eigenvalue weighted by molar-refractivity contribution is 0.256. The van der Waals surface area contributed by atoms with Gasteiger partial charge in [0.2, 0.25) is 0 Å². The number of benzene rings is 1. The van der Waals surface area contributed by atoms with Gasteiger partial charge in [0.05, 0.1) is 6.04 Å². The Morgan fingerprint density at radius 1 is 1.33 bits per heavy atom. The van der Waals surface area contributed by atoms with E-state index in [1.807, 2.05) is 0 Å². The predicted molar refractivity (Wildman–Crippen MR) is 81.0 cm³/mol. The van der Waals surface area contributed by atoms with E-state index in [4.69, 9.17) is 5.73 Å². The second-order valence-corrected chi connectivity index (χ2v) is 6.05. The first-order chi connectivity index (χ1) is 8.61. The summed E-state index contributed by atoms with van der Waals surface area (Å²) in [6, 6.07) is 9.56. The van der Waals surface area contributed by atoms with E-state index < -0.39 is 0 Å². The standard InChI is InChI=1S/C14H22BrN3/c1-11-7-8-18(14(9-16)10-17(11)2)13-5-3-12(15)4-6-13/h3-6,11,14H,7-10,16H2,1-2H3. The maximum atomic E-state index is 5.96. The summed E-state index contributed by atoms with van der Waals surface area (Å²) < 4.78 is 1.12. The van der Waals surface area contributed by atoms with Gasteiger partial charge >= 0.3 is 0 Å². The number of nitrogens with zero attached hydrogens (tertiary/aromatic N) is 2. The number of rotatable bonds is 2. The fourth-order valence-electron chi connectivity index (χ4n) is 2.51. The van der Waals surface area contributed by atoms with Gasteiger partial charge in [-0.25, -0.2) is 0 Å². The average molecular weight is 312 g/mol. The van der Waals surface area contributed by atoms with Crippen molar-refractivity contribution in [1.82, 2.24) is 4.90 Å². The second-order valence-electron chi connectivity index (χ2n) is 5.14. The van der Waals surface area contributed by atoms with E-state index in [1.165, 1.54) is 12.1 Å². The molecule has 1 saturated heterocycles. The average Bonchev–Trinajstić information content (AvgIpc) is 2.51. The zero-order valence-electron chi connectivity index (χ0n) is 11.1. The maximum absolute atomic E-state index is 5.96. The number of likely N-dealkylation sites (N-methyl/N-ethyl adjacent to an activating group) is 1. The van der Waals surface area contributed by atoms with Crippen LogP contribution < -0.4 is 10.6 Å². The molecule has 100 valence electrons. The third kappa shape index (κ3) is 3.05. The monoisotopic (exact) mass is 311 g/mol. The SMILES string of the molecule is CC1CCN(c2ccc(Br)cc2)C(CN)CN1C. The summed E-state index contributed by atoms with van der Waals surface area (Å²) in [5.74, 6) is 0. The zero-order chi connectivity index (χ0) is 13.1. The molecular weight excluding hydrogens is 290 g/mol. The van der Waals surface area contributed by atoms with E-state index >= 15 is 0 Å². The van der Waals surface area contributed by atoms with Crippen LogP contribution in [-0.4, -0.2) is 43.7 Å². The summed E-state index contributed by atoms with van der Waals surface area (Å²) in [7, 11) is 2.19. The van der Waals surface area contributed by atoms with Crippen molar-refractivity contribution in [2.24, 2.45) is 5.73 Å². The number of halogens is 1. The number of hydrogen-bond donors (Lipinski definition) is 1. The molecule has 0 spiro atoms. The molecule has 0 saturated carbocycles. The Balaban J connectivity index is 2.21. The molecule has 2 unspecified atom stereocenters. The molecule has 2 N–H and O–H groups in total. The summed E-state index contributed by atoms with van der Waals surface area (Å²) in [5.41, 5.74) is 7.23. The molecule has 1 fully saturated rings. The molecule has 1 aromatic rings. The quantitative estimate of drug-likeness (QED) is 0.909. The van der Waals surface area contributed by atoms with Crippen molar-refractivity contribution < 1.29 is 0 Å². The van der Waals surface area contributed by atoms with Crippen molar-refractivity contribution in [3.8, 4) is 0 Å². The van der Waals surface area contributed by atoms with Crippen molar-refractivity contribution in [1.29, 1.82) is 0 Å². The van der Waals surface area contributed by atoms with E-state index in [-0.39, 0.29) is 0 Å². The van der Waals surface area contributed by atoms with Gasteiger partial charge in [-0.3, -0.25) is 0 Å². The van der Waals surface area contributed by atoms with Gasteiger partial charge in [-0.2, -0.15) is 0 Å². The van der Waals surface area contributed by atoms with Crippen molar-refractivity contribution in [3.63, 3.8) is 0 Å². The van der Waals surface area contributed by atoms with E-state index in [9.17, 15) is 0 Å².